The number of carbonyl (C=O) groups excluding carboxylic acids is 2. The molecule has 0 radical (unpaired) electrons. The Bertz CT molecular complexity index is 2970. The molecule has 0 aromatic heterocycles. The molecule has 3 N–H and O–H groups in total. The van der Waals surface area contributed by atoms with Gasteiger partial charge in [-0.2, -0.15) is 0 Å². The van der Waals surface area contributed by atoms with Gasteiger partial charge in [0.25, 0.3) is 0 Å². The van der Waals surface area contributed by atoms with Gasteiger partial charge in [0.1, 0.15) is 72.6 Å². The highest BCUT2D eigenvalue weighted by Crippen LogP contribution is 2.57. The van der Waals surface area contributed by atoms with Gasteiger partial charge in [-0.25, -0.2) is 0 Å². The van der Waals surface area contributed by atoms with Gasteiger partial charge in [-0.05, 0) is 124 Å². The van der Waals surface area contributed by atoms with Crippen molar-refractivity contribution in [2.45, 2.75) is 388 Å². The van der Waals surface area contributed by atoms with Crippen LogP contribution < -0.4 is 5.32 Å². The van der Waals surface area contributed by atoms with Crippen molar-refractivity contribution in [3.05, 3.63) is 48.6 Å². The van der Waals surface area contributed by atoms with Crippen molar-refractivity contribution in [2.75, 3.05) is 27.3 Å². The van der Waals surface area contributed by atoms with E-state index in [0.29, 0.717) is 51.4 Å². The highest BCUT2D eigenvalue weighted by molar-refractivity contribution is 5.80. The van der Waals surface area contributed by atoms with E-state index in [9.17, 15) is 19.8 Å². The predicted octanol–water partition coefficient (Wildman–Crippen LogP) is 7.56. The highest BCUT2D eigenvalue weighted by atomic mass is 16.8. The van der Waals surface area contributed by atoms with Crippen LogP contribution in [-0.4, -0.2) is 256 Å². The first kappa shape index (κ1) is 72.0. The Labute approximate surface area is 606 Å². The third-order valence-electron chi connectivity index (χ3n) is 28.2. The number of Topliss-reactive ketones (excluding diaryl/α,β-unsaturated/α-hetero) is 2. The molecule has 0 aromatic carbocycles. The number of aliphatic hydroxyl groups is 2. The van der Waals surface area contributed by atoms with Crippen molar-refractivity contribution in [1.82, 2.24) is 5.32 Å². The summed E-state index contributed by atoms with van der Waals surface area (Å²) in [5.41, 5.74) is 4.24. The van der Waals surface area contributed by atoms with Gasteiger partial charge in [-0.3, -0.25) is 9.59 Å². The van der Waals surface area contributed by atoms with Crippen LogP contribution in [0.5, 0.6) is 0 Å². The van der Waals surface area contributed by atoms with Gasteiger partial charge in [0, 0.05) is 116 Å². The topological polar surface area (TPSA) is 253 Å². The number of methoxy groups -OCH3 is 2. The average Bonchev–Trinajstić information content (AvgIpc) is 1.55. The lowest BCUT2D eigenvalue weighted by molar-refractivity contribution is -0.292. The van der Waals surface area contributed by atoms with Crippen LogP contribution in [0.1, 0.15) is 181 Å². The minimum Gasteiger partial charge on any atom is -0.392 e. The van der Waals surface area contributed by atoms with E-state index < -0.39 is 84.8 Å². The lowest BCUT2D eigenvalue weighted by atomic mass is 9.81. The van der Waals surface area contributed by atoms with Crippen LogP contribution in [0, 0.1) is 23.7 Å². The quantitative estimate of drug-likeness (QED) is 0.178. The number of ketones is 2. The Morgan fingerprint density at radius 2 is 0.796 bits per heavy atom. The van der Waals surface area contributed by atoms with Crippen LogP contribution in [0.4, 0.5) is 0 Å². The summed E-state index contributed by atoms with van der Waals surface area (Å²) in [4.78, 5) is 29.5. The summed E-state index contributed by atoms with van der Waals surface area (Å²) in [5, 5.41) is 27.4. The first-order valence-corrected chi connectivity index (χ1v) is 40.2. The zero-order valence-electron chi connectivity index (χ0n) is 61.0. The molecule has 20 heterocycles. The number of fused-ring (bicyclic) bond motifs is 12. The molecule has 9 unspecified atom stereocenters. The summed E-state index contributed by atoms with van der Waals surface area (Å²) in [6, 6.07) is 0. The highest BCUT2D eigenvalue weighted by Gasteiger charge is 2.71. The van der Waals surface area contributed by atoms with E-state index in [1.54, 1.807) is 14.2 Å². The van der Waals surface area contributed by atoms with Crippen molar-refractivity contribution in [2.24, 2.45) is 23.7 Å². The molecule has 0 aromatic rings. The monoisotopic (exact) mass is 1440 g/mol. The van der Waals surface area contributed by atoms with Crippen molar-refractivity contribution in [1.29, 1.82) is 0 Å². The van der Waals surface area contributed by atoms with Crippen molar-refractivity contribution < 1.29 is 105 Å². The SMILES string of the molecule is C=C1C[C@@H]2CC[C@@]34CC5OC6[C@@H](O[C@H]7CC[C@H](CC(=O)C[C@@H]8[C@@H](OC)[C@@H](C[C@H](O)CNC[C@@H](O)CC9O[C@H]%10C[C@H]%11O[C@@H](CCC%12O[C@@H](CC[C@@]%13%14CC%15OC%16[C@@H](O[C@H]%17CC[C@H](CC(=O)C[C@@H]%10[C@H]9OC)O[C@@H]%17[C@@H]%16O%13)C%15O%14)CC%12=C)C[C@@H](C)C%11=C)O[C@H]8C[C@H]8O[C@@H](CCC1O2)C[C@@H](C)C8=C)O[C@@H]7[C@@H]6O3)C5O4. The van der Waals surface area contributed by atoms with Gasteiger partial charge in [-0.1, -0.05) is 40.2 Å². The van der Waals surface area contributed by atoms with Crippen molar-refractivity contribution >= 4 is 11.6 Å². The molecule has 572 valence electrons. The summed E-state index contributed by atoms with van der Waals surface area (Å²) < 4.78 is 123. The minimum absolute atomic E-state index is 0.00458. The molecule has 0 aliphatic carbocycles. The second-order valence-electron chi connectivity index (χ2n) is 35.0. The fourth-order valence-electron chi connectivity index (χ4n) is 23.0. The average molecular weight is 1440 g/mol. The molecule has 0 saturated carbocycles. The normalized spacial score (nSPS) is 53.0. The Balaban J connectivity index is 0.537. The zero-order valence-corrected chi connectivity index (χ0v) is 61.0. The number of carbonyl (C=O) groups is 2. The maximum atomic E-state index is 14.8. The number of hydrogen-bond donors (Lipinski definition) is 3. The number of rotatable bonds is 10. The molecule has 2 spiro atoms. The second kappa shape index (κ2) is 29.0. The zero-order chi connectivity index (χ0) is 70.5. The van der Waals surface area contributed by atoms with Crippen LogP contribution in [-0.2, 0) is 94.9 Å². The largest absolute Gasteiger partial charge is 0.392 e. The number of ether oxygens (including phenoxy) is 18. The molecule has 24 bridgehead atoms. The molecular weight excluding hydrogens is 1330 g/mol. The molecule has 20 aliphatic rings. The molecule has 20 fully saturated rings. The Morgan fingerprint density at radius 1 is 0.408 bits per heavy atom. The van der Waals surface area contributed by atoms with Crippen LogP contribution in [0.2, 0.25) is 0 Å². The summed E-state index contributed by atoms with van der Waals surface area (Å²) in [6.45, 7) is 22.9. The fourth-order valence-corrected chi connectivity index (χ4v) is 23.0. The summed E-state index contributed by atoms with van der Waals surface area (Å²) in [5.74, 6) is -1.91. The molecule has 20 rings (SSSR count). The molecule has 20 saturated heterocycles. The fraction of sp³-hybridized carbons (Fsp3) is 0.875. The number of nitrogens with one attached hydrogen (secondary N) is 1. The van der Waals surface area contributed by atoms with E-state index in [0.717, 1.165) is 99.3 Å². The van der Waals surface area contributed by atoms with Crippen LogP contribution in [0.15, 0.2) is 48.6 Å². The van der Waals surface area contributed by atoms with Gasteiger partial charge in [-0.15, -0.1) is 0 Å². The molecule has 23 nitrogen and oxygen atoms in total. The molecular formula is C80H115NO22. The van der Waals surface area contributed by atoms with E-state index in [1.165, 1.54) is 0 Å². The molecule has 103 heavy (non-hydrogen) atoms. The Hall–Kier alpha value is -2.54. The summed E-state index contributed by atoms with van der Waals surface area (Å²) in [6.07, 6.45) is 5.18. The minimum atomic E-state index is -0.909. The van der Waals surface area contributed by atoms with Crippen molar-refractivity contribution in [3.63, 3.8) is 0 Å². The van der Waals surface area contributed by atoms with Gasteiger partial charge in [0.05, 0.1) is 134 Å². The van der Waals surface area contributed by atoms with Crippen LogP contribution in [0.3, 0.4) is 0 Å². The van der Waals surface area contributed by atoms with Gasteiger partial charge < -0.3 is 101 Å². The molecule has 38 atom stereocenters. The van der Waals surface area contributed by atoms with Crippen LogP contribution in [0.25, 0.3) is 0 Å². The second-order valence-corrected chi connectivity index (χ2v) is 35.0. The van der Waals surface area contributed by atoms with Gasteiger partial charge in [0.15, 0.2) is 11.6 Å². The van der Waals surface area contributed by atoms with E-state index >= 15 is 0 Å². The summed E-state index contributed by atoms with van der Waals surface area (Å²) >= 11 is 0. The van der Waals surface area contributed by atoms with Crippen LogP contribution >= 0.6 is 0 Å². The van der Waals surface area contributed by atoms with E-state index in [4.69, 9.17) is 85.3 Å². The Kier molecular flexibility index (Phi) is 20.3. The number of aliphatic hydroxyl groups excluding tert-OH is 2. The Morgan fingerprint density at radius 3 is 1.23 bits per heavy atom. The van der Waals surface area contributed by atoms with E-state index in [1.807, 2.05) is 0 Å². The maximum Gasteiger partial charge on any atom is 0.172 e. The lowest BCUT2D eigenvalue weighted by Gasteiger charge is -2.47. The molecule has 0 amide bonds. The van der Waals surface area contributed by atoms with E-state index in [-0.39, 0.29) is 209 Å². The smallest absolute Gasteiger partial charge is 0.172 e. The van der Waals surface area contributed by atoms with Gasteiger partial charge >= 0.3 is 0 Å². The third-order valence-corrected chi connectivity index (χ3v) is 28.2. The first-order chi connectivity index (χ1) is 49.8. The number of hydrogen-bond acceptors (Lipinski definition) is 23. The van der Waals surface area contributed by atoms with Gasteiger partial charge in [0.2, 0.25) is 0 Å². The molecule has 20 aliphatic heterocycles. The van der Waals surface area contributed by atoms with E-state index in [2.05, 4.69) is 45.5 Å². The summed E-state index contributed by atoms with van der Waals surface area (Å²) in [7, 11) is 3.32. The third kappa shape index (κ3) is 13.8. The maximum absolute atomic E-state index is 14.8. The predicted molar refractivity (Wildman–Crippen MR) is 367 cm³/mol. The lowest BCUT2D eigenvalue weighted by Crippen LogP contribution is -2.61. The molecule has 23 heteroatoms. The standard InChI is InChI=1S/C80H115NO22/c1-37-21-47-9-13-55-39(3)23-51(88-55)17-19-79-33-65-71(100-79)73-75(98-65)77(102-79)69-57(96-73)15-11-49(92-69)25-43(82)27-53-61(31-59(90-47)41(37)5)94-63(67(53)86-7)29-45(84)35-81-36-46(85)30-64-68(87-8)54-28-44(83)26-50-12-16-58-70(93-50)78-76-74(97-58)72-66(99-76)34-80(101-72,103-78)20-18-52-24-40(4)56(89-52)14-10-48-22-38(2)42(6)60(91-48)32-62(54)95-64/h37-38,45-78,81,84-85H,3-6,9-36H2,1-2,7-8H3/t37-,38-,45+,46+,47+,48+,49-,50-,51+,52+,53+,54+,55?,56?,57+,58+,59-,60-,61+,62+,63-,64?,65?,66?,67-,68-,69+,70+,71?,72?,73+,74+,75?,76?,77+,78+,79+,80+/m1/s1. The van der Waals surface area contributed by atoms with Crippen molar-refractivity contribution in [3.8, 4) is 0 Å². The first-order valence-electron chi connectivity index (χ1n) is 40.2.